The summed E-state index contributed by atoms with van der Waals surface area (Å²) in [7, 11) is 0. The van der Waals surface area contributed by atoms with E-state index in [1.54, 1.807) is 6.07 Å². The first-order valence-corrected chi connectivity index (χ1v) is 10.0. The first-order chi connectivity index (χ1) is 13.1. The first-order valence-electron chi connectivity index (χ1n) is 10.0. The second-order valence-electron chi connectivity index (χ2n) is 8.45. The Balaban J connectivity index is 1.46. The van der Waals surface area contributed by atoms with Crippen molar-refractivity contribution < 1.29 is 4.74 Å². The van der Waals surface area contributed by atoms with E-state index >= 15 is 0 Å². The fraction of sp³-hybridized carbons (Fsp3) is 0.500. The van der Waals surface area contributed by atoms with Crippen LogP contribution in [0.3, 0.4) is 0 Å². The van der Waals surface area contributed by atoms with Crippen molar-refractivity contribution >= 4 is 11.5 Å². The zero-order valence-electron chi connectivity index (χ0n) is 15.9. The molecule has 3 heterocycles. The molecule has 0 bridgehead atoms. The third-order valence-corrected chi connectivity index (χ3v) is 6.79. The molecule has 2 saturated heterocycles. The third kappa shape index (κ3) is 3.04. The maximum atomic E-state index is 12.4. The Kier molecular flexibility index (Phi) is 4.01. The molecule has 2 aromatic rings. The molecule has 3 fully saturated rings. The quantitative estimate of drug-likeness (QED) is 0.905. The second kappa shape index (κ2) is 6.41. The summed E-state index contributed by atoms with van der Waals surface area (Å²) in [6.45, 7) is 6.59. The van der Waals surface area contributed by atoms with Gasteiger partial charge in [-0.05, 0) is 29.7 Å². The average molecular weight is 365 g/mol. The average Bonchev–Trinajstić information content (AvgIpc) is 3.28. The summed E-state index contributed by atoms with van der Waals surface area (Å²) >= 11 is 0. The second-order valence-corrected chi connectivity index (χ2v) is 8.45. The van der Waals surface area contributed by atoms with Crippen LogP contribution in [-0.4, -0.2) is 43.9 Å². The standard InChI is InChI=1S/C22H27N3O2/c1-22-14-17(22)15-25(19(22)11-16-5-3-2-4-6-16)20-12-18(13-21(26)23-20)24-7-9-27-10-8-24/h2-6,12-13,17,19H,7-11,14-15H2,1H3,(H,23,26)/t17-,19+,22+/m0/s1. The minimum absolute atomic E-state index is 0.0156. The molecular weight excluding hydrogens is 338 g/mol. The fourth-order valence-electron chi connectivity index (χ4n) is 4.99. The van der Waals surface area contributed by atoms with E-state index in [2.05, 4.69) is 58.1 Å². The Morgan fingerprint density at radius 3 is 2.74 bits per heavy atom. The van der Waals surface area contributed by atoms with Crippen molar-refractivity contribution in [3.8, 4) is 0 Å². The molecule has 1 saturated carbocycles. The SMILES string of the molecule is C[C@@]12C[C@H]1CN(c1cc(N3CCOCC3)cc(=O)[nH]1)[C@@H]2Cc1ccccc1. The van der Waals surface area contributed by atoms with E-state index in [4.69, 9.17) is 4.74 Å². The van der Waals surface area contributed by atoms with Crippen LogP contribution in [0.5, 0.6) is 0 Å². The lowest BCUT2D eigenvalue weighted by atomic mass is 9.92. The van der Waals surface area contributed by atoms with Crippen LogP contribution in [0.2, 0.25) is 0 Å². The molecule has 5 heteroatoms. The number of aromatic nitrogens is 1. The van der Waals surface area contributed by atoms with Crippen molar-refractivity contribution in [3.63, 3.8) is 0 Å². The number of anilines is 2. The predicted molar refractivity (Wildman–Crippen MR) is 108 cm³/mol. The molecule has 0 radical (unpaired) electrons. The number of hydrogen-bond donors (Lipinski definition) is 1. The van der Waals surface area contributed by atoms with Gasteiger partial charge in [0.05, 0.1) is 13.2 Å². The van der Waals surface area contributed by atoms with Crippen molar-refractivity contribution in [1.82, 2.24) is 4.98 Å². The summed E-state index contributed by atoms with van der Waals surface area (Å²) in [5, 5.41) is 0. The van der Waals surface area contributed by atoms with Crippen molar-refractivity contribution in [2.75, 3.05) is 42.6 Å². The van der Waals surface area contributed by atoms with Gasteiger partial charge in [0.1, 0.15) is 5.82 Å². The van der Waals surface area contributed by atoms with Gasteiger partial charge in [-0.15, -0.1) is 0 Å². The maximum absolute atomic E-state index is 12.4. The number of nitrogens with one attached hydrogen (secondary N) is 1. The molecule has 0 spiro atoms. The summed E-state index contributed by atoms with van der Waals surface area (Å²) in [5.41, 5.74) is 2.73. The van der Waals surface area contributed by atoms with Gasteiger partial charge >= 0.3 is 0 Å². The monoisotopic (exact) mass is 365 g/mol. The van der Waals surface area contributed by atoms with Gasteiger partial charge in [-0.1, -0.05) is 37.3 Å². The van der Waals surface area contributed by atoms with Crippen LogP contribution < -0.4 is 15.4 Å². The highest BCUT2D eigenvalue weighted by Crippen LogP contribution is 2.62. The van der Waals surface area contributed by atoms with Gasteiger partial charge in [-0.3, -0.25) is 4.79 Å². The molecule has 1 aliphatic carbocycles. The Morgan fingerprint density at radius 1 is 1.19 bits per heavy atom. The van der Waals surface area contributed by atoms with E-state index in [1.165, 1.54) is 12.0 Å². The van der Waals surface area contributed by atoms with Crippen LogP contribution in [0.4, 0.5) is 11.5 Å². The lowest BCUT2D eigenvalue weighted by molar-refractivity contribution is 0.122. The molecule has 2 aliphatic heterocycles. The number of ether oxygens (including phenoxy) is 1. The molecule has 0 unspecified atom stereocenters. The van der Waals surface area contributed by atoms with Gasteiger partial charge in [-0.25, -0.2) is 0 Å². The molecule has 1 N–H and O–H groups in total. The number of aromatic amines is 1. The van der Waals surface area contributed by atoms with Gasteiger partial charge in [0.15, 0.2) is 0 Å². The van der Waals surface area contributed by atoms with Gasteiger partial charge in [0.25, 0.3) is 5.56 Å². The van der Waals surface area contributed by atoms with E-state index in [0.717, 1.165) is 56.7 Å². The van der Waals surface area contributed by atoms with Crippen LogP contribution in [-0.2, 0) is 11.2 Å². The number of rotatable bonds is 4. The lowest BCUT2D eigenvalue weighted by Crippen LogP contribution is -2.40. The summed E-state index contributed by atoms with van der Waals surface area (Å²) in [6, 6.07) is 15.0. The number of piperidine rings is 1. The number of morpholine rings is 1. The van der Waals surface area contributed by atoms with E-state index in [-0.39, 0.29) is 5.56 Å². The summed E-state index contributed by atoms with van der Waals surface area (Å²) in [4.78, 5) is 20.2. The number of nitrogens with zero attached hydrogens (tertiary/aromatic N) is 2. The van der Waals surface area contributed by atoms with Crippen molar-refractivity contribution in [2.24, 2.45) is 11.3 Å². The minimum Gasteiger partial charge on any atom is -0.378 e. The fourth-order valence-corrected chi connectivity index (χ4v) is 4.99. The Labute approximate surface area is 159 Å². The topological polar surface area (TPSA) is 48.6 Å². The predicted octanol–water partition coefficient (Wildman–Crippen LogP) is 2.67. The van der Waals surface area contributed by atoms with Gasteiger partial charge in [-0.2, -0.15) is 0 Å². The highest BCUT2D eigenvalue weighted by Gasteiger charge is 2.62. The normalized spacial score (nSPS) is 29.7. The van der Waals surface area contributed by atoms with Gasteiger partial charge < -0.3 is 19.5 Å². The van der Waals surface area contributed by atoms with Gasteiger partial charge in [0.2, 0.25) is 0 Å². The van der Waals surface area contributed by atoms with E-state index in [0.29, 0.717) is 11.5 Å². The molecule has 5 nitrogen and oxygen atoms in total. The first kappa shape index (κ1) is 16.9. The van der Waals surface area contributed by atoms with Crippen molar-refractivity contribution in [2.45, 2.75) is 25.8 Å². The molecule has 3 aliphatic rings. The number of benzene rings is 1. The van der Waals surface area contributed by atoms with Crippen LogP contribution in [0.15, 0.2) is 47.3 Å². The smallest absolute Gasteiger partial charge is 0.251 e. The van der Waals surface area contributed by atoms with Crippen LogP contribution in [0.25, 0.3) is 0 Å². The minimum atomic E-state index is -0.0156. The zero-order chi connectivity index (χ0) is 18.4. The Bertz CT molecular complexity index is 875. The molecule has 1 aromatic carbocycles. The van der Waals surface area contributed by atoms with Crippen molar-refractivity contribution in [3.05, 3.63) is 58.4 Å². The molecular formula is C22H27N3O2. The van der Waals surface area contributed by atoms with Crippen molar-refractivity contribution in [1.29, 1.82) is 0 Å². The Hall–Kier alpha value is -2.27. The van der Waals surface area contributed by atoms with E-state index < -0.39 is 0 Å². The zero-order valence-corrected chi connectivity index (χ0v) is 15.9. The van der Waals surface area contributed by atoms with Gasteiger partial charge in [0, 0.05) is 43.5 Å². The molecule has 3 atom stereocenters. The number of H-pyrrole nitrogens is 1. The number of hydrogen-bond acceptors (Lipinski definition) is 4. The molecule has 0 amide bonds. The highest BCUT2D eigenvalue weighted by atomic mass is 16.5. The largest absolute Gasteiger partial charge is 0.378 e. The summed E-state index contributed by atoms with van der Waals surface area (Å²) in [6.07, 6.45) is 2.33. The van der Waals surface area contributed by atoms with Crippen LogP contribution in [0, 0.1) is 11.3 Å². The molecule has 1 aromatic heterocycles. The highest BCUT2D eigenvalue weighted by molar-refractivity contribution is 5.57. The summed E-state index contributed by atoms with van der Waals surface area (Å²) < 4.78 is 5.46. The number of fused-ring (bicyclic) bond motifs is 1. The molecule has 142 valence electrons. The van der Waals surface area contributed by atoms with E-state index in [1.807, 2.05) is 0 Å². The lowest BCUT2D eigenvalue weighted by Gasteiger charge is -2.34. The van der Waals surface area contributed by atoms with E-state index in [9.17, 15) is 4.79 Å². The third-order valence-electron chi connectivity index (χ3n) is 6.79. The maximum Gasteiger partial charge on any atom is 0.251 e. The number of pyridine rings is 1. The van der Waals surface area contributed by atoms with Crippen LogP contribution in [0.1, 0.15) is 18.9 Å². The molecule has 5 rings (SSSR count). The Morgan fingerprint density at radius 2 is 1.96 bits per heavy atom. The van der Waals surface area contributed by atoms with Crippen LogP contribution >= 0.6 is 0 Å². The molecule has 27 heavy (non-hydrogen) atoms. The summed E-state index contributed by atoms with van der Waals surface area (Å²) in [5.74, 6) is 1.71.